The summed E-state index contributed by atoms with van der Waals surface area (Å²) < 4.78 is 0. The summed E-state index contributed by atoms with van der Waals surface area (Å²) in [6.07, 6.45) is 6.39. The Bertz CT molecular complexity index is 351. The van der Waals surface area contributed by atoms with Crippen LogP contribution in [-0.2, 0) is 12.2 Å². The topological polar surface area (TPSA) is 25.8 Å². The van der Waals surface area contributed by atoms with E-state index in [4.69, 9.17) is 11.6 Å². The van der Waals surface area contributed by atoms with Gasteiger partial charge in [-0.2, -0.15) is 11.8 Å². The third-order valence-electron chi connectivity index (χ3n) is 2.91. The lowest BCUT2D eigenvalue weighted by Crippen LogP contribution is -2.01. The lowest BCUT2D eigenvalue weighted by atomic mass is 10.3. The van der Waals surface area contributed by atoms with Crippen molar-refractivity contribution < 1.29 is 0 Å². The molecule has 0 spiro atoms. The average Bonchev–Trinajstić information content (AvgIpc) is 2.78. The minimum atomic E-state index is 0.578. The summed E-state index contributed by atoms with van der Waals surface area (Å²) >= 11 is 7.95. The molecule has 1 aromatic rings. The van der Waals surface area contributed by atoms with Gasteiger partial charge in [-0.1, -0.05) is 31.4 Å². The van der Waals surface area contributed by atoms with Crippen LogP contribution in [0.4, 0.5) is 0 Å². The first-order valence-electron chi connectivity index (χ1n) is 5.92. The highest BCUT2D eigenvalue weighted by Crippen LogP contribution is 2.31. The molecule has 0 N–H and O–H groups in total. The molecular weight excluding hydrogens is 240 g/mol. The Morgan fingerprint density at radius 3 is 2.81 bits per heavy atom. The van der Waals surface area contributed by atoms with Gasteiger partial charge < -0.3 is 0 Å². The van der Waals surface area contributed by atoms with Crippen LogP contribution < -0.4 is 0 Å². The lowest BCUT2D eigenvalue weighted by Gasteiger charge is -2.08. The van der Waals surface area contributed by atoms with Crippen molar-refractivity contribution in [3.05, 3.63) is 22.7 Å². The Balaban J connectivity index is 1.94. The zero-order valence-corrected chi connectivity index (χ0v) is 11.2. The van der Waals surface area contributed by atoms with Gasteiger partial charge in [0, 0.05) is 10.9 Å². The van der Waals surface area contributed by atoms with Crippen LogP contribution in [0.2, 0.25) is 5.15 Å². The number of hydrogen-bond acceptors (Lipinski definition) is 3. The van der Waals surface area contributed by atoms with E-state index < -0.39 is 0 Å². The summed E-state index contributed by atoms with van der Waals surface area (Å²) in [5, 5.41) is 1.39. The van der Waals surface area contributed by atoms with Crippen LogP contribution in [0.25, 0.3) is 0 Å². The first kappa shape index (κ1) is 12.2. The van der Waals surface area contributed by atoms with Crippen molar-refractivity contribution >= 4 is 23.4 Å². The molecule has 88 valence electrons. The van der Waals surface area contributed by atoms with Crippen molar-refractivity contribution in [1.29, 1.82) is 0 Å². The van der Waals surface area contributed by atoms with Crippen molar-refractivity contribution in [2.24, 2.45) is 0 Å². The van der Waals surface area contributed by atoms with E-state index >= 15 is 0 Å². The predicted octanol–water partition coefficient (Wildman–Crippen LogP) is 3.87. The highest BCUT2D eigenvalue weighted by Gasteiger charge is 2.15. The fraction of sp³-hybridized carbons (Fsp3) is 0.667. The van der Waals surface area contributed by atoms with Crippen molar-refractivity contribution in [3.8, 4) is 0 Å². The molecule has 0 aromatic carbocycles. The molecule has 16 heavy (non-hydrogen) atoms. The smallest absolute Gasteiger partial charge is 0.140 e. The first-order valence-corrected chi connectivity index (χ1v) is 7.34. The molecular formula is C12H17ClN2S. The summed E-state index contributed by atoms with van der Waals surface area (Å²) in [5.74, 6) is 1.79. The normalized spacial score (nSPS) is 16.9. The molecule has 1 aliphatic carbocycles. The highest BCUT2D eigenvalue weighted by molar-refractivity contribution is 7.99. The van der Waals surface area contributed by atoms with Crippen LogP contribution >= 0.6 is 23.4 Å². The van der Waals surface area contributed by atoms with Gasteiger partial charge in [0.1, 0.15) is 11.0 Å². The molecule has 0 unspecified atom stereocenters. The number of hydrogen-bond donors (Lipinski definition) is 0. The van der Waals surface area contributed by atoms with Gasteiger partial charge >= 0.3 is 0 Å². The molecule has 0 amide bonds. The van der Waals surface area contributed by atoms with Crippen molar-refractivity contribution in [1.82, 2.24) is 9.97 Å². The number of aryl methyl sites for hydroxylation is 1. The Labute approximate surface area is 106 Å². The Morgan fingerprint density at radius 2 is 2.12 bits per heavy atom. The molecule has 0 radical (unpaired) electrons. The molecule has 0 atom stereocenters. The van der Waals surface area contributed by atoms with Gasteiger partial charge in [0.05, 0.1) is 5.75 Å². The van der Waals surface area contributed by atoms with Crippen LogP contribution in [-0.4, -0.2) is 15.2 Å². The summed E-state index contributed by atoms with van der Waals surface area (Å²) in [4.78, 5) is 8.77. The maximum Gasteiger partial charge on any atom is 0.140 e. The van der Waals surface area contributed by atoms with E-state index in [9.17, 15) is 0 Å². The highest BCUT2D eigenvalue weighted by atomic mass is 35.5. The largest absolute Gasteiger partial charge is 0.237 e. The maximum absolute atomic E-state index is 5.96. The first-order chi connectivity index (χ1) is 7.78. The fourth-order valence-electron chi connectivity index (χ4n) is 2.01. The zero-order chi connectivity index (χ0) is 11.4. The molecule has 0 saturated heterocycles. The van der Waals surface area contributed by atoms with Gasteiger partial charge in [0.15, 0.2) is 0 Å². The van der Waals surface area contributed by atoms with Crippen LogP contribution in [0, 0.1) is 0 Å². The molecule has 1 saturated carbocycles. The van der Waals surface area contributed by atoms with Gasteiger partial charge in [-0.05, 0) is 25.3 Å². The third-order valence-corrected chi connectivity index (χ3v) is 4.47. The zero-order valence-electron chi connectivity index (χ0n) is 9.58. The molecule has 1 aliphatic rings. The van der Waals surface area contributed by atoms with Crippen LogP contribution in [0.1, 0.15) is 44.1 Å². The lowest BCUT2D eigenvalue weighted by molar-refractivity contribution is 0.886. The number of nitrogens with zero attached hydrogens (tertiary/aromatic N) is 2. The van der Waals surface area contributed by atoms with Gasteiger partial charge in [0.2, 0.25) is 0 Å². The Morgan fingerprint density at radius 1 is 1.38 bits per heavy atom. The van der Waals surface area contributed by atoms with Gasteiger partial charge in [-0.25, -0.2) is 9.97 Å². The van der Waals surface area contributed by atoms with E-state index in [1.165, 1.54) is 25.7 Å². The molecule has 1 heterocycles. The summed E-state index contributed by atoms with van der Waals surface area (Å²) in [6.45, 7) is 2.09. The second-order valence-electron chi connectivity index (χ2n) is 4.17. The maximum atomic E-state index is 5.96. The van der Waals surface area contributed by atoms with Crippen LogP contribution in [0.15, 0.2) is 6.07 Å². The second-order valence-corrected chi connectivity index (χ2v) is 5.85. The SMILES string of the molecule is CCc1cc(Cl)nc(CSC2CCCC2)n1. The molecule has 2 nitrogen and oxygen atoms in total. The van der Waals surface area contributed by atoms with E-state index in [1.54, 1.807) is 0 Å². The van der Waals surface area contributed by atoms with Gasteiger partial charge in [0.25, 0.3) is 0 Å². The Kier molecular flexibility index (Phi) is 4.47. The molecule has 1 aromatic heterocycles. The van der Waals surface area contributed by atoms with Crippen molar-refractivity contribution in [3.63, 3.8) is 0 Å². The molecule has 2 rings (SSSR count). The molecule has 4 heteroatoms. The monoisotopic (exact) mass is 256 g/mol. The Hall–Kier alpha value is -0.280. The number of rotatable bonds is 4. The molecule has 0 aliphatic heterocycles. The third kappa shape index (κ3) is 3.36. The minimum Gasteiger partial charge on any atom is -0.237 e. The van der Waals surface area contributed by atoms with E-state index in [0.29, 0.717) is 5.15 Å². The number of thioether (sulfide) groups is 1. The van der Waals surface area contributed by atoms with Gasteiger partial charge in [-0.3, -0.25) is 0 Å². The summed E-state index contributed by atoms with van der Waals surface area (Å²) in [6, 6.07) is 1.85. The van der Waals surface area contributed by atoms with E-state index in [0.717, 1.165) is 28.9 Å². The van der Waals surface area contributed by atoms with Crippen LogP contribution in [0.3, 0.4) is 0 Å². The van der Waals surface area contributed by atoms with E-state index in [2.05, 4.69) is 16.9 Å². The fourth-order valence-corrected chi connectivity index (χ4v) is 3.41. The number of aromatic nitrogens is 2. The second kappa shape index (κ2) is 5.87. The minimum absolute atomic E-state index is 0.578. The van der Waals surface area contributed by atoms with Crippen molar-refractivity contribution in [2.75, 3.05) is 0 Å². The molecule has 0 bridgehead atoms. The average molecular weight is 257 g/mol. The quantitative estimate of drug-likeness (QED) is 0.765. The standard InChI is InChI=1S/C12H17ClN2S/c1-2-9-7-11(13)15-12(14-9)8-16-10-5-3-4-6-10/h7,10H,2-6,8H2,1H3. The molecule has 1 fully saturated rings. The van der Waals surface area contributed by atoms with E-state index in [-0.39, 0.29) is 0 Å². The summed E-state index contributed by atoms with van der Waals surface area (Å²) in [7, 11) is 0. The predicted molar refractivity (Wildman–Crippen MR) is 70.0 cm³/mol. The summed E-state index contributed by atoms with van der Waals surface area (Å²) in [5.41, 5.74) is 1.04. The van der Waals surface area contributed by atoms with Crippen LogP contribution in [0.5, 0.6) is 0 Å². The number of halogens is 1. The van der Waals surface area contributed by atoms with Crippen molar-refractivity contribution in [2.45, 2.75) is 50.0 Å². The van der Waals surface area contributed by atoms with E-state index in [1.807, 2.05) is 17.8 Å². The van der Waals surface area contributed by atoms with Gasteiger partial charge in [-0.15, -0.1) is 0 Å².